The number of piperazine rings is 1. The fraction of sp³-hybridized carbons (Fsp3) is 0.409. The van der Waals surface area contributed by atoms with Crippen LogP contribution < -0.4 is 13.9 Å². The average Bonchev–Trinajstić information content (AvgIpc) is 2.77. The molecule has 1 aliphatic rings. The number of ether oxygens (including phenoxy) is 1. The minimum atomic E-state index is -3.67. The van der Waals surface area contributed by atoms with Gasteiger partial charge in [0.1, 0.15) is 11.8 Å². The largest absolute Gasteiger partial charge is 0.497 e. The van der Waals surface area contributed by atoms with Gasteiger partial charge in [0.05, 0.1) is 19.1 Å². The normalized spacial score (nSPS) is 15.5. The number of amides is 1. The number of benzene rings is 2. The van der Waals surface area contributed by atoms with Gasteiger partial charge in [0.25, 0.3) is 0 Å². The lowest BCUT2D eigenvalue weighted by Gasteiger charge is -2.39. The van der Waals surface area contributed by atoms with E-state index in [0.717, 1.165) is 17.7 Å². The summed E-state index contributed by atoms with van der Waals surface area (Å²) in [4.78, 5) is 17.3. The van der Waals surface area contributed by atoms with Crippen molar-refractivity contribution in [3.8, 4) is 5.75 Å². The summed E-state index contributed by atoms with van der Waals surface area (Å²) >= 11 is 5.95. The van der Waals surface area contributed by atoms with Crippen LogP contribution in [0.1, 0.15) is 13.3 Å². The maximum Gasteiger partial charge on any atom is 0.246 e. The highest BCUT2D eigenvalue weighted by Gasteiger charge is 2.35. The van der Waals surface area contributed by atoms with Gasteiger partial charge in [0.2, 0.25) is 15.9 Å². The van der Waals surface area contributed by atoms with Crippen molar-refractivity contribution in [3.05, 3.63) is 53.6 Å². The third-order valence-corrected chi connectivity index (χ3v) is 6.85. The zero-order valence-corrected chi connectivity index (χ0v) is 19.6. The van der Waals surface area contributed by atoms with Crippen LogP contribution in [0.5, 0.6) is 5.75 Å². The van der Waals surface area contributed by atoms with Crippen molar-refractivity contribution in [1.82, 2.24) is 4.90 Å². The van der Waals surface area contributed by atoms with Crippen molar-refractivity contribution >= 4 is 38.9 Å². The van der Waals surface area contributed by atoms with Crippen molar-refractivity contribution in [2.75, 3.05) is 48.7 Å². The SMILES string of the molecule is CC[C@H](C(=O)N1CCN(c2ccc(OC)cc2)CC1)N(c1ccc(Cl)cc1)S(C)(=O)=O. The first-order chi connectivity index (χ1) is 14.7. The van der Waals surface area contributed by atoms with E-state index in [2.05, 4.69) is 4.90 Å². The van der Waals surface area contributed by atoms with Gasteiger partial charge < -0.3 is 14.5 Å². The molecule has 0 bridgehead atoms. The summed E-state index contributed by atoms with van der Waals surface area (Å²) in [6.45, 7) is 4.23. The van der Waals surface area contributed by atoms with E-state index in [4.69, 9.17) is 16.3 Å². The predicted molar refractivity (Wildman–Crippen MR) is 125 cm³/mol. The molecule has 0 aromatic heterocycles. The molecule has 7 nitrogen and oxygen atoms in total. The lowest BCUT2D eigenvalue weighted by molar-refractivity contribution is -0.132. The van der Waals surface area contributed by atoms with Crippen LogP contribution in [0.15, 0.2) is 48.5 Å². The molecule has 31 heavy (non-hydrogen) atoms. The van der Waals surface area contributed by atoms with E-state index in [1.54, 1.807) is 36.3 Å². The minimum absolute atomic E-state index is 0.183. The smallest absolute Gasteiger partial charge is 0.246 e. The Kier molecular flexibility index (Phi) is 7.33. The Morgan fingerprint density at radius 3 is 2.13 bits per heavy atom. The summed E-state index contributed by atoms with van der Waals surface area (Å²) in [7, 11) is -2.03. The third-order valence-electron chi connectivity index (χ3n) is 5.42. The first-order valence-corrected chi connectivity index (χ1v) is 12.4. The molecule has 1 fully saturated rings. The van der Waals surface area contributed by atoms with Crippen LogP contribution in [-0.2, 0) is 14.8 Å². The predicted octanol–water partition coefficient (Wildman–Crippen LogP) is 3.24. The molecular weight excluding hydrogens is 438 g/mol. The van der Waals surface area contributed by atoms with E-state index in [0.29, 0.717) is 43.3 Å². The third kappa shape index (κ3) is 5.43. The standard InChI is InChI=1S/C22H28ClN3O4S/c1-4-21(26(31(3,28)29)19-7-5-17(23)6-8-19)22(27)25-15-13-24(14-16-25)18-9-11-20(30-2)12-10-18/h5-12,21H,4,13-16H2,1-3H3/t21-/m1/s1. The second-order valence-electron chi connectivity index (χ2n) is 7.47. The number of hydrogen-bond donors (Lipinski definition) is 0. The van der Waals surface area contributed by atoms with E-state index >= 15 is 0 Å². The van der Waals surface area contributed by atoms with Gasteiger partial charge >= 0.3 is 0 Å². The van der Waals surface area contributed by atoms with Gasteiger partial charge in [-0.15, -0.1) is 0 Å². The molecule has 1 atom stereocenters. The fourth-order valence-corrected chi connectivity index (χ4v) is 5.15. The number of halogens is 1. The molecule has 2 aromatic carbocycles. The van der Waals surface area contributed by atoms with Crippen LogP contribution in [-0.4, -0.2) is 64.8 Å². The number of methoxy groups -OCH3 is 1. The molecule has 2 aromatic rings. The molecule has 1 aliphatic heterocycles. The van der Waals surface area contributed by atoms with Gasteiger partial charge in [0, 0.05) is 36.9 Å². The molecule has 9 heteroatoms. The first kappa shape index (κ1) is 23.2. The van der Waals surface area contributed by atoms with Crippen molar-refractivity contribution in [1.29, 1.82) is 0 Å². The Balaban J connectivity index is 1.74. The number of rotatable bonds is 7. The summed E-state index contributed by atoms with van der Waals surface area (Å²) < 4.78 is 31.6. The molecule has 3 rings (SSSR count). The molecule has 0 saturated carbocycles. The number of nitrogens with zero attached hydrogens (tertiary/aromatic N) is 3. The van der Waals surface area contributed by atoms with E-state index in [1.807, 2.05) is 31.2 Å². The quantitative estimate of drug-likeness (QED) is 0.627. The molecule has 1 saturated heterocycles. The summed E-state index contributed by atoms with van der Waals surface area (Å²) in [5.41, 5.74) is 1.50. The van der Waals surface area contributed by atoms with Crippen molar-refractivity contribution in [2.45, 2.75) is 19.4 Å². The van der Waals surface area contributed by atoms with Gasteiger partial charge in [-0.1, -0.05) is 18.5 Å². The van der Waals surface area contributed by atoms with Gasteiger partial charge in [-0.25, -0.2) is 8.42 Å². The van der Waals surface area contributed by atoms with Gasteiger partial charge in [0.15, 0.2) is 0 Å². The second-order valence-corrected chi connectivity index (χ2v) is 9.77. The molecule has 0 unspecified atom stereocenters. The fourth-order valence-electron chi connectivity index (χ4n) is 3.82. The highest BCUT2D eigenvalue weighted by Crippen LogP contribution is 2.26. The van der Waals surface area contributed by atoms with Crippen molar-refractivity contribution in [3.63, 3.8) is 0 Å². The number of sulfonamides is 1. The Morgan fingerprint density at radius 2 is 1.65 bits per heavy atom. The molecule has 168 valence electrons. The number of anilines is 2. The van der Waals surface area contributed by atoms with Crippen molar-refractivity contribution in [2.24, 2.45) is 0 Å². The Bertz CT molecular complexity index is 988. The van der Waals surface area contributed by atoms with Crippen LogP contribution in [0, 0.1) is 0 Å². The van der Waals surface area contributed by atoms with Crippen LogP contribution in [0.4, 0.5) is 11.4 Å². The monoisotopic (exact) mass is 465 g/mol. The Labute approximate surface area is 189 Å². The van der Waals surface area contributed by atoms with Crippen LogP contribution >= 0.6 is 11.6 Å². The maximum absolute atomic E-state index is 13.3. The lowest BCUT2D eigenvalue weighted by atomic mass is 10.1. The minimum Gasteiger partial charge on any atom is -0.497 e. The topological polar surface area (TPSA) is 70.2 Å². The van der Waals surface area contributed by atoms with E-state index in [-0.39, 0.29) is 5.91 Å². The summed E-state index contributed by atoms with van der Waals surface area (Å²) in [6, 6.07) is 13.5. The highest BCUT2D eigenvalue weighted by atomic mass is 35.5. The van der Waals surface area contributed by atoms with Crippen LogP contribution in [0.25, 0.3) is 0 Å². The second kappa shape index (κ2) is 9.78. The molecule has 0 radical (unpaired) electrons. The summed E-state index contributed by atoms with van der Waals surface area (Å²) in [6.07, 6.45) is 1.49. The zero-order chi connectivity index (χ0) is 22.6. The Morgan fingerprint density at radius 1 is 1.06 bits per heavy atom. The number of carbonyl (C=O) groups excluding carboxylic acids is 1. The van der Waals surface area contributed by atoms with Crippen LogP contribution in [0.2, 0.25) is 5.02 Å². The zero-order valence-electron chi connectivity index (χ0n) is 18.0. The van der Waals surface area contributed by atoms with Gasteiger partial charge in [-0.3, -0.25) is 9.10 Å². The molecule has 1 heterocycles. The van der Waals surface area contributed by atoms with E-state index in [1.165, 1.54) is 4.31 Å². The van der Waals surface area contributed by atoms with Crippen molar-refractivity contribution < 1.29 is 17.9 Å². The van der Waals surface area contributed by atoms with Gasteiger partial charge in [-0.2, -0.15) is 0 Å². The molecular formula is C22H28ClN3O4S. The van der Waals surface area contributed by atoms with E-state index < -0.39 is 16.1 Å². The first-order valence-electron chi connectivity index (χ1n) is 10.2. The average molecular weight is 466 g/mol. The van der Waals surface area contributed by atoms with Crippen LogP contribution in [0.3, 0.4) is 0 Å². The highest BCUT2D eigenvalue weighted by molar-refractivity contribution is 7.92. The van der Waals surface area contributed by atoms with E-state index in [9.17, 15) is 13.2 Å². The number of hydrogen-bond acceptors (Lipinski definition) is 5. The maximum atomic E-state index is 13.3. The molecule has 0 spiro atoms. The molecule has 1 amide bonds. The lowest BCUT2D eigenvalue weighted by Crippen LogP contribution is -2.56. The molecule has 0 aliphatic carbocycles. The number of carbonyl (C=O) groups is 1. The van der Waals surface area contributed by atoms with Gasteiger partial charge in [-0.05, 0) is 55.0 Å². The Hall–Kier alpha value is -2.45. The molecule has 0 N–H and O–H groups in total. The summed E-state index contributed by atoms with van der Waals surface area (Å²) in [5, 5.41) is 0.506. The summed E-state index contributed by atoms with van der Waals surface area (Å²) in [5.74, 6) is 0.615.